The van der Waals surface area contributed by atoms with E-state index >= 15 is 0 Å². The number of rotatable bonds is 4. The van der Waals surface area contributed by atoms with Crippen LogP contribution in [-0.2, 0) is 0 Å². The molecule has 0 radical (unpaired) electrons. The van der Waals surface area contributed by atoms with Gasteiger partial charge in [-0.15, -0.1) is 0 Å². The number of hydrogen-bond acceptors (Lipinski definition) is 3. The summed E-state index contributed by atoms with van der Waals surface area (Å²) in [7, 11) is 1.81. The molecule has 1 aliphatic rings. The maximum absolute atomic E-state index is 13.0. The molecule has 1 fully saturated rings. The number of halogens is 1. The lowest BCUT2D eigenvalue weighted by Gasteiger charge is -2.30. The molecule has 1 atom stereocenters. The van der Waals surface area contributed by atoms with E-state index in [9.17, 15) is 4.79 Å². The van der Waals surface area contributed by atoms with Crippen molar-refractivity contribution in [2.75, 3.05) is 7.05 Å². The minimum Gasteiger partial charge on any atom is -0.335 e. The van der Waals surface area contributed by atoms with Gasteiger partial charge >= 0.3 is 6.03 Å². The van der Waals surface area contributed by atoms with E-state index in [1.807, 2.05) is 31.3 Å². The fourth-order valence-electron chi connectivity index (χ4n) is 3.68. The molecule has 2 amide bonds. The third-order valence-electron chi connectivity index (χ3n) is 5.19. The average molecular weight is 387 g/mol. The van der Waals surface area contributed by atoms with Crippen LogP contribution >= 0.6 is 11.6 Å². The van der Waals surface area contributed by atoms with E-state index in [0.717, 1.165) is 24.1 Å². The molecule has 0 saturated heterocycles. The van der Waals surface area contributed by atoms with Gasteiger partial charge in [0.05, 0.1) is 11.9 Å². The first-order chi connectivity index (χ1) is 13.1. The van der Waals surface area contributed by atoms with Crippen LogP contribution in [0.5, 0.6) is 0 Å². The van der Waals surface area contributed by atoms with Crippen molar-refractivity contribution in [3.8, 4) is 0 Å². The smallest absolute Gasteiger partial charge is 0.318 e. The van der Waals surface area contributed by atoms with E-state index < -0.39 is 0 Å². The third-order valence-corrected chi connectivity index (χ3v) is 5.44. The number of aromatic nitrogens is 2. The van der Waals surface area contributed by atoms with Gasteiger partial charge in [0.15, 0.2) is 0 Å². The quantitative estimate of drug-likeness (QED) is 0.806. The standard InChI is InChI=1S/C21H27ClN4O/c1-26(21(27)25-18-7-5-3-2-4-6-8-18)20(19-15-23-13-14-24-19)16-9-11-17(22)12-10-16/h9-15,18,20H,2-8H2,1H3,(H,25,27). The van der Waals surface area contributed by atoms with Gasteiger partial charge in [0.1, 0.15) is 6.04 Å². The Kier molecular flexibility index (Phi) is 7.04. The molecule has 1 aromatic carbocycles. The van der Waals surface area contributed by atoms with E-state index in [2.05, 4.69) is 15.3 Å². The van der Waals surface area contributed by atoms with Crippen molar-refractivity contribution in [1.82, 2.24) is 20.2 Å². The van der Waals surface area contributed by atoms with Gasteiger partial charge < -0.3 is 10.2 Å². The Labute approximate surface area is 166 Å². The number of nitrogens with zero attached hydrogens (tertiary/aromatic N) is 3. The number of carbonyl (C=O) groups is 1. The zero-order valence-corrected chi connectivity index (χ0v) is 16.5. The highest BCUT2D eigenvalue weighted by molar-refractivity contribution is 6.30. The normalized spacial score (nSPS) is 16.8. The van der Waals surface area contributed by atoms with Crippen LogP contribution in [0, 0.1) is 0 Å². The molecule has 1 unspecified atom stereocenters. The Hall–Kier alpha value is -2.14. The molecule has 3 rings (SSSR count). The Morgan fingerprint density at radius 2 is 1.78 bits per heavy atom. The summed E-state index contributed by atoms with van der Waals surface area (Å²) in [5, 5.41) is 3.90. The van der Waals surface area contributed by atoms with Crippen molar-refractivity contribution in [2.24, 2.45) is 0 Å². The molecule has 0 aliphatic heterocycles. The van der Waals surface area contributed by atoms with Crippen molar-refractivity contribution in [3.63, 3.8) is 0 Å². The fourth-order valence-corrected chi connectivity index (χ4v) is 3.81. The molecule has 1 saturated carbocycles. The monoisotopic (exact) mass is 386 g/mol. The predicted octanol–water partition coefficient (Wildman–Crippen LogP) is 4.97. The number of urea groups is 1. The molecule has 1 aromatic heterocycles. The maximum atomic E-state index is 13.0. The minimum absolute atomic E-state index is 0.0776. The van der Waals surface area contributed by atoms with Crippen molar-refractivity contribution in [2.45, 2.75) is 57.0 Å². The van der Waals surface area contributed by atoms with Crippen molar-refractivity contribution in [3.05, 3.63) is 59.1 Å². The second-order valence-corrected chi connectivity index (χ2v) is 7.62. The lowest BCUT2D eigenvalue weighted by molar-refractivity contribution is 0.190. The summed E-state index contributed by atoms with van der Waals surface area (Å²) in [5.74, 6) is 0. The maximum Gasteiger partial charge on any atom is 0.318 e. The predicted molar refractivity (Wildman–Crippen MR) is 108 cm³/mol. The van der Waals surface area contributed by atoms with Gasteiger partial charge in [-0.3, -0.25) is 9.97 Å². The van der Waals surface area contributed by atoms with Crippen molar-refractivity contribution >= 4 is 17.6 Å². The van der Waals surface area contributed by atoms with E-state index in [1.165, 1.54) is 32.1 Å². The molecule has 0 bridgehead atoms. The first-order valence-electron chi connectivity index (χ1n) is 9.70. The molecule has 1 N–H and O–H groups in total. The Morgan fingerprint density at radius 3 is 2.41 bits per heavy atom. The molecule has 0 spiro atoms. The first-order valence-corrected chi connectivity index (χ1v) is 10.1. The van der Waals surface area contributed by atoms with Crippen molar-refractivity contribution in [1.29, 1.82) is 0 Å². The summed E-state index contributed by atoms with van der Waals surface area (Å²) < 4.78 is 0. The zero-order valence-electron chi connectivity index (χ0n) is 15.8. The molecule has 1 aliphatic carbocycles. The van der Waals surface area contributed by atoms with E-state index in [1.54, 1.807) is 23.5 Å². The molecule has 144 valence electrons. The SMILES string of the molecule is CN(C(=O)NC1CCCCCCC1)C(c1ccc(Cl)cc1)c1cnccn1. The van der Waals surface area contributed by atoms with Gasteiger partial charge in [0, 0.05) is 30.5 Å². The van der Waals surface area contributed by atoms with Gasteiger partial charge in [0.25, 0.3) is 0 Å². The molecular weight excluding hydrogens is 360 g/mol. The van der Waals surface area contributed by atoms with Gasteiger partial charge in [-0.1, -0.05) is 55.8 Å². The summed E-state index contributed by atoms with van der Waals surface area (Å²) >= 11 is 6.04. The number of benzene rings is 1. The van der Waals surface area contributed by atoms with Crippen molar-refractivity contribution < 1.29 is 4.79 Å². The van der Waals surface area contributed by atoms with Crippen LogP contribution < -0.4 is 5.32 Å². The molecule has 5 nitrogen and oxygen atoms in total. The average Bonchev–Trinajstić information content (AvgIpc) is 2.66. The highest BCUT2D eigenvalue weighted by Crippen LogP contribution is 2.27. The second kappa shape index (κ2) is 9.70. The highest BCUT2D eigenvalue weighted by Gasteiger charge is 2.26. The number of nitrogens with one attached hydrogen (secondary N) is 1. The molecule has 1 heterocycles. The molecule has 27 heavy (non-hydrogen) atoms. The van der Waals surface area contributed by atoms with Crippen LogP contribution in [-0.4, -0.2) is 34.0 Å². The first kappa shape index (κ1) is 19.6. The van der Waals surface area contributed by atoms with Crippen LogP contribution in [0.3, 0.4) is 0 Å². The van der Waals surface area contributed by atoms with Crippen LogP contribution in [0.25, 0.3) is 0 Å². The van der Waals surface area contributed by atoms with Crippen LogP contribution in [0.1, 0.15) is 62.2 Å². The summed E-state index contributed by atoms with van der Waals surface area (Å²) in [4.78, 5) is 23.3. The Morgan fingerprint density at radius 1 is 1.11 bits per heavy atom. The van der Waals surface area contributed by atoms with Gasteiger partial charge in [-0.05, 0) is 30.5 Å². The van der Waals surface area contributed by atoms with Gasteiger partial charge in [-0.2, -0.15) is 0 Å². The van der Waals surface area contributed by atoms with Crippen LogP contribution in [0.4, 0.5) is 4.79 Å². The third kappa shape index (κ3) is 5.42. The van der Waals surface area contributed by atoms with Gasteiger partial charge in [0.2, 0.25) is 0 Å². The summed E-state index contributed by atoms with van der Waals surface area (Å²) in [6, 6.07) is 7.38. The Balaban J connectivity index is 1.78. The number of hydrogen-bond donors (Lipinski definition) is 1. The Bertz CT molecular complexity index is 715. The van der Waals surface area contributed by atoms with Crippen LogP contribution in [0.2, 0.25) is 5.02 Å². The number of amides is 2. The highest BCUT2D eigenvalue weighted by atomic mass is 35.5. The topological polar surface area (TPSA) is 58.1 Å². The molecule has 6 heteroatoms. The molecular formula is C21H27ClN4O. The largest absolute Gasteiger partial charge is 0.335 e. The number of carbonyl (C=O) groups excluding carboxylic acids is 1. The summed E-state index contributed by atoms with van der Waals surface area (Å²) in [6.45, 7) is 0. The fraction of sp³-hybridized carbons (Fsp3) is 0.476. The van der Waals surface area contributed by atoms with Gasteiger partial charge in [-0.25, -0.2) is 4.79 Å². The lowest BCUT2D eigenvalue weighted by atomic mass is 9.97. The minimum atomic E-state index is -0.315. The summed E-state index contributed by atoms with van der Waals surface area (Å²) in [5.41, 5.74) is 1.69. The second-order valence-electron chi connectivity index (χ2n) is 7.19. The zero-order chi connectivity index (χ0) is 19.1. The summed E-state index contributed by atoms with van der Waals surface area (Å²) in [6.07, 6.45) is 13.3. The molecule has 2 aromatic rings. The lowest BCUT2D eigenvalue weighted by Crippen LogP contribution is -2.45. The van der Waals surface area contributed by atoms with E-state index in [0.29, 0.717) is 5.02 Å². The van der Waals surface area contributed by atoms with E-state index in [4.69, 9.17) is 11.6 Å². The van der Waals surface area contributed by atoms with E-state index in [-0.39, 0.29) is 18.1 Å². The van der Waals surface area contributed by atoms with Crippen LogP contribution in [0.15, 0.2) is 42.9 Å².